The van der Waals surface area contributed by atoms with Gasteiger partial charge in [-0.05, 0) is 128 Å². The fourth-order valence-electron chi connectivity index (χ4n) is 7.61. The van der Waals surface area contributed by atoms with E-state index >= 15 is 0 Å². The molecule has 0 amide bonds. The zero-order chi connectivity index (χ0) is 18.9. The Labute approximate surface area is 173 Å². The van der Waals surface area contributed by atoms with Crippen molar-refractivity contribution in [3.8, 4) is 0 Å². The van der Waals surface area contributed by atoms with Crippen LogP contribution in [-0.2, 0) is 25.7 Å². The van der Waals surface area contributed by atoms with Crippen LogP contribution in [0.1, 0.15) is 142 Å². The topological polar surface area (TPSA) is 0 Å². The molecule has 4 aliphatic rings. The van der Waals surface area contributed by atoms with Gasteiger partial charge in [-0.15, -0.1) is 0 Å². The number of rotatable bonds is 2. The van der Waals surface area contributed by atoms with E-state index in [0.717, 1.165) is 17.8 Å². The summed E-state index contributed by atoms with van der Waals surface area (Å²) in [5, 5.41) is 0. The van der Waals surface area contributed by atoms with Crippen molar-refractivity contribution in [3.05, 3.63) is 33.4 Å². The van der Waals surface area contributed by atoms with Crippen molar-refractivity contribution in [2.45, 2.75) is 134 Å². The van der Waals surface area contributed by atoms with Crippen LogP contribution in [0.15, 0.2) is 0 Å². The van der Waals surface area contributed by atoms with Crippen molar-refractivity contribution in [1.82, 2.24) is 0 Å². The van der Waals surface area contributed by atoms with E-state index in [-0.39, 0.29) is 0 Å². The summed E-state index contributed by atoms with van der Waals surface area (Å²) in [5.74, 6) is 2.73. The highest BCUT2D eigenvalue weighted by atomic mass is 14.4. The van der Waals surface area contributed by atoms with E-state index in [9.17, 15) is 0 Å². The molecule has 4 aliphatic carbocycles. The van der Waals surface area contributed by atoms with Gasteiger partial charge in [0.15, 0.2) is 0 Å². The van der Waals surface area contributed by atoms with Gasteiger partial charge in [-0.25, -0.2) is 0 Å². The molecule has 1 aromatic rings. The lowest BCUT2D eigenvalue weighted by Gasteiger charge is -2.37. The molecule has 0 aliphatic heterocycles. The van der Waals surface area contributed by atoms with Crippen molar-refractivity contribution in [3.63, 3.8) is 0 Å². The molecule has 2 fully saturated rings. The quantitative estimate of drug-likeness (QED) is 0.455. The van der Waals surface area contributed by atoms with Gasteiger partial charge >= 0.3 is 0 Å². The average molecular weight is 379 g/mol. The summed E-state index contributed by atoms with van der Waals surface area (Å²) in [6.45, 7) is 2.54. The van der Waals surface area contributed by atoms with Crippen LogP contribution < -0.4 is 0 Å². The van der Waals surface area contributed by atoms with Crippen LogP contribution in [0.4, 0.5) is 0 Å². The van der Waals surface area contributed by atoms with E-state index in [1.54, 1.807) is 0 Å². The van der Waals surface area contributed by atoms with Crippen molar-refractivity contribution in [1.29, 1.82) is 0 Å². The molecule has 0 heterocycles. The molecule has 0 bridgehead atoms. The second kappa shape index (κ2) is 8.53. The maximum Gasteiger partial charge on any atom is -0.0154 e. The van der Waals surface area contributed by atoms with E-state index in [4.69, 9.17) is 0 Å². The molecule has 2 saturated carbocycles. The second-order valence-corrected chi connectivity index (χ2v) is 10.8. The molecule has 154 valence electrons. The third kappa shape index (κ3) is 3.59. The average Bonchev–Trinajstić information content (AvgIpc) is 2.96. The largest absolute Gasteiger partial charge is 0.0625 e. The zero-order valence-corrected chi connectivity index (χ0v) is 18.5. The van der Waals surface area contributed by atoms with Gasteiger partial charge < -0.3 is 0 Å². The highest BCUT2D eigenvalue weighted by Crippen LogP contribution is 2.48. The predicted molar refractivity (Wildman–Crippen MR) is 121 cm³/mol. The Bertz CT molecular complexity index is 653. The summed E-state index contributed by atoms with van der Waals surface area (Å²) in [4.78, 5) is 0. The minimum Gasteiger partial charge on any atom is -0.0625 e. The number of benzene rings is 1. The van der Waals surface area contributed by atoms with Crippen molar-refractivity contribution in [2.75, 3.05) is 0 Å². The van der Waals surface area contributed by atoms with Crippen LogP contribution in [0.2, 0.25) is 0 Å². The summed E-state index contributed by atoms with van der Waals surface area (Å²) in [6.07, 6.45) is 26.2. The molecule has 28 heavy (non-hydrogen) atoms. The first-order valence-electron chi connectivity index (χ1n) is 13.0. The maximum absolute atomic E-state index is 2.54. The van der Waals surface area contributed by atoms with Crippen LogP contribution in [0.5, 0.6) is 0 Å². The number of hydrogen-bond acceptors (Lipinski definition) is 0. The normalized spacial score (nSPS) is 29.0. The second-order valence-electron chi connectivity index (χ2n) is 10.8. The van der Waals surface area contributed by atoms with E-state index < -0.39 is 0 Å². The van der Waals surface area contributed by atoms with Gasteiger partial charge in [-0.3, -0.25) is 0 Å². The molecule has 0 aromatic heterocycles. The molecule has 2 unspecified atom stereocenters. The van der Waals surface area contributed by atoms with Crippen LogP contribution in [-0.4, -0.2) is 0 Å². The third-order valence-electron chi connectivity index (χ3n) is 8.84. The van der Waals surface area contributed by atoms with E-state index in [0.29, 0.717) is 0 Å². The van der Waals surface area contributed by atoms with Crippen LogP contribution in [0.25, 0.3) is 0 Å². The number of hydrogen-bond donors (Lipinski definition) is 0. The van der Waals surface area contributed by atoms with Gasteiger partial charge in [0, 0.05) is 0 Å². The predicted octanol–water partition coefficient (Wildman–Crippen LogP) is 8.18. The molecule has 0 heteroatoms. The minimum absolute atomic E-state index is 0.886. The molecule has 1 aromatic carbocycles. The molecule has 0 nitrogen and oxygen atoms in total. The summed E-state index contributed by atoms with van der Waals surface area (Å²) in [6, 6.07) is 0. The Morgan fingerprint density at radius 3 is 1.46 bits per heavy atom. The van der Waals surface area contributed by atoms with Gasteiger partial charge in [0.05, 0.1) is 0 Å². The van der Waals surface area contributed by atoms with Gasteiger partial charge in [0.25, 0.3) is 0 Å². The van der Waals surface area contributed by atoms with Gasteiger partial charge in [-0.2, -0.15) is 0 Å². The monoisotopic (exact) mass is 378 g/mol. The standard InChI is InChI=1S/C28H42/c1-20-11-5-6-14-22(19-20)28-25-17-9-7-15-23(25)27(21-12-3-2-4-13-21)24-16-8-10-18-26(24)28/h20-22H,2-19H2,1H3. The summed E-state index contributed by atoms with van der Waals surface area (Å²) >= 11 is 0. The fraction of sp³-hybridized carbons (Fsp3) is 0.786. The molecule has 5 rings (SSSR count). The molecular formula is C28H42. The highest BCUT2D eigenvalue weighted by molar-refractivity contribution is 5.56. The van der Waals surface area contributed by atoms with Crippen LogP contribution in [0, 0.1) is 5.92 Å². The van der Waals surface area contributed by atoms with Gasteiger partial charge in [-0.1, -0.05) is 45.4 Å². The SMILES string of the molecule is CC1CCCCC(c2c3c(c(C4CCCCC4)c4c2CCCC4)CCCC3)C1. The van der Waals surface area contributed by atoms with Crippen LogP contribution >= 0.6 is 0 Å². The number of fused-ring (bicyclic) bond motifs is 2. The van der Waals surface area contributed by atoms with Gasteiger partial charge in [0.1, 0.15) is 0 Å². The Kier molecular flexibility index (Phi) is 5.85. The Balaban J connectivity index is 1.66. The smallest absolute Gasteiger partial charge is 0.0154 e. The first-order chi connectivity index (χ1) is 13.8. The molecular weight excluding hydrogens is 336 g/mol. The highest BCUT2D eigenvalue weighted by Gasteiger charge is 2.33. The first kappa shape index (κ1) is 19.2. The fourth-order valence-corrected chi connectivity index (χ4v) is 7.61. The lowest BCUT2D eigenvalue weighted by Crippen LogP contribution is -2.23. The summed E-state index contributed by atoms with van der Waals surface area (Å²) in [7, 11) is 0. The van der Waals surface area contributed by atoms with Gasteiger partial charge in [0.2, 0.25) is 0 Å². The Morgan fingerprint density at radius 1 is 0.464 bits per heavy atom. The minimum atomic E-state index is 0.886. The molecule has 0 saturated heterocycles. The molecule has 2 atom stereocenters. The first-order valence-corrected chi connectivity index (χ1v) is 13.0. The van der Waals surface area contributed by atoms with E-state index in [1.165, 1.54) is 116 Å². The Morgan fingerprint density at radius 2 is 0.893 bits per heavy atom. The van der Waals surface area contributed by atoms with E-state index in [2.05, 4.69) is 6.92 Å². The molecule has 0 N–H and O–H groups in total. The van der Waals surface area contributed by atoms with Crippen molar-refractivity contribution < 1.29 is 0 Å². The maximum atomic E-state index is 2.54. The summed E-state index contributed by atoms with van der Waals surface area (Å²) in [5.41, 5.74) is 11.5. The van der Waals surface area contributed by atoms with Crippen molar-refractivity contribution >= 4 is 0 Å². The third-order valence-corrected chi connectivity index (χ3v) is 8.84. The van der Waals surface area contributed by atoms with Crippen LogP contribution in [0.3, 0.4) is 0 Å². The molecule has 0 radical (unpaired) electrons. The van der Waals surface area contributed by atoms with E-state index in [1.807, 2.05) is 33.4 Å². The lowest BCUT2D eigenvalue weighted by atomic mass is 9.67. The lowest BCUT2D eigenvalue weighted by molar-refractivity contribution is 0.432. The Hall–Kier alpha value is -0.780. The van der Waals surface area contributed by atoms with Crippen molar-refractivity contribution in [2.24, 2.45) is 5.92 Å². The zero-order valence-electron chi connectivity index (χ0n) is 18.5. The summed E-state index contributed by atoms with van der Waals surface area (Å²) < 4.78 is 0. The molecule has 0 spiro atoms.